The number of nitrogens with zero attached hydrogens (tertiary/aromatic N) is 2. The van der Waals surface area contributed by atoms with Crippen LogP contribution in [0.15, 0.2) is 30.3 Å². The van der Waals surface area contributed by atoms with Crippen LogP contribution in [0.3, 0.4) is 0 Å². The van der Waals surface area contributed by atoms with Gasteiger partial charge in [0.05, 0.1) is 18.4 Å². The van der Waals surface area contributed by atoms with Gasteiger partial charge in [0.25, 0.3) is 0 Å². The number of benzene rings is 1. The van der Waals surface area contributed by atoms with Gasteiger partial charge in [-0.3, -0.25) is 29.6 Å². The Kier molecular flexibility index (Phi) is 4.20. The SMILES string of the molecule is O=C(O)C1CC(=O)N(NC(=O)C2CC(=O)N(c3ccccc3)C2)C1. The highest BCUT2D eigenvalue weighted by Gasteiger charge is 2.39. The predicted molar refractivity (Wildman–Crippen MR) is 82.5 cm³/mol. The Morgan fingerprint density at radius 2 is 1.67 bits per heavy atom. The first kappa shape index (κ1) is 16.0. The molecule has 126 valence electrons. The van der Waals surface area contributed by atoms with Crippen LogP contribution in [-0.2, 0) is 19.2 Å². The van der Waals surface area contributed by atoms with Gasteiger partial charge in [-0.2, -0.15) is 0 Å². The van der Waals surface area contributed by atoms with Gasteiger partial charge in [0.1, 0.15) is 0 Å². The number of carboxylic acid groups (broad SMARTS) is 1. The van der Waals surface area contributed by atoms with E-state index in [0.29, 0.717) is 0 Å². The van der Waals surface area contributed by atoms with Crippen molar-refractivity contribution in [3.8, 4) is 0 Å². The Hall–Kier alpha value is -2.90. The van der Waals surface area contributed by atoms with Crippen molar-refractivity contribution in [2.24, 2.45) is 11.8 Å². The number of hydrogen-bond donors (Lipinski definition) is 2. The van der Waals surface area contributed by atoms with Crippen LogP contribution in [0.2, 0.25) is 0 Å². The van der Waals surface area contributed by atoms with E-state index in [2.05, 4.69) is 5.43 Å². The molecule has 2 aliphatic heterocycles. The smallest absolute Gasteiger partial charge is 0.308 e. The van der Waals surface area contributed by atoms with Crippen molar-refractivity contribution in [1.29, 1.82) is 0 Å². The van der Waals surface area contributed by atoms with E-state index in [-0.39, 0.29) is 31.8 Å². The Labute approximate surface area is 138 Å². The van der Waals surface area contributed by atoms with Crippen LogP contribution >= 0.6 is 0 Å². The van der Waals surface area contributed by atoms with E-state index in [0.717, 1.165) is 10.7 Å². The molecule has 2 atom stereocenters. The molecule has 0 spiro atoms. The van der Waals surface area contributed by atoms with E-state index >= 15 is 0 Å². The van der Waals surface area contributed by atoms with Gasteiger partial charge in [-0.05, 0) is 12.1 Å². The van der Waals surface area contributed by atoms with Gasteiger partial charge in [0.2, 0.25) is 17.7 Å². The van der Waals surface area contributed by atoms with Crippen LogP contribution in [0, 0.1) is 11.8 Å². The van der Waals surface area contributed by atoms with Crippen molar-refractivity contribution in [1.82, 2.24) is 10.4 Å². The summed E-state index contributed by atoms with van der Waals surface area (Å²) >= 11 is 0. The lowest BCUT2D eigenvalue weighted by Crippen LogP contribution is -2.46. The number of carboxylic acids is 1. The zero-order valence-electron chi connectivity index (χ0n) is 12.8. The number of hydrogen-bond acceptors (Lipinski definition) is 4. The lowest BCUT2D eigenvalue weighted by molar-refractivity contribution is -0.141. The molecular weight excluding hydrogens is 314 g/mol. The highest BCUT2D eigenvalue weighted by atomic mass is 16.4. The molecule has 8 heteroatoms. The zero-order chi connectivity index (χ0) is 17.3. The van der Waals surface area contributed by atoms with E-state index in [1.807, 2.05) is 18.2 Å². The molecule has 2 heterocycles. The number of nitrogens with one attached hydrogen (secondary N) is 1. The monoisotopic (exact) mass is 331 g/mol. The van der Waals surface area contributed by atoms with Crippen molar-refractivity contribution in [2.75, 3.05) is 18.0 Å². The van der Waals surface area contributed by atoms with Gasteiger partial charge in [-0.1, -0.05) is 18.2 Å². The molecule has 2 unspecified atom stereocenters. The minimum Gasteiger partial charge on any atom is -0.481 e. The molecule has 0 aliphatic carbocycles. The average molecular weight is 331 g/mol. The predicted octanol–water partition coefficient (Wildman–Crippen LogP) is 0.00380. The maximum absolute atomic E-state index is 12.3. The summed E-state index contributed by atoms with van der Waals surface area (Å²) in [5.74, 6) is -3.48. The van der Waals surface area contributed by atoms with Gasteiger partial charge >= 0.3 is 5.97 Å². The maximum Gasteiger partial charge on any atom is 0.308 e. The van der Waals surface area contributed by atoms with Crippen molar-refractivity contribution >= 4 is 29.4 Å². The zero-order valence-corrected chi connectivity index (χ0v) is 12.8. The van der Waals surface area contributed by atoms with Gasteiger partial charge in [0, 0.05) is 25.1 Å². The van der Waals surface area contributed by atoms with Crippen LogP contribution in [0.4, 0.5) is 5.69 Å². The van der Waals surface area contributed by atoms with Gasteiger partial charge < -0.3 is 10.0 Å². The molecule has 2 fully saturated rings. The summed E-state index contributed by atoms with van der Waals surface area (Å²) in [5.41, 5.74) is 3.17. The van der Waals surface area contributed by atoms with E-state index in [1.165, 1.54) is 4.90 Å². The maximum atomic E-state index is 12.3. The molecule has 1 aromatic rings. The summed E-state index contributed by atoms with van der Waals surface area (Å²) in [4.78, 5) is 48.7. The fourth-order valence-corrected chi connectivity index (χ4v) is 2.95. The molecule has 2 aliphatic rings. The summed E-state index contributed by atoms with van der Waals surface area (Å²) in [7, 11) is 0. The second kappa shape index (κ2) is 6.31. The quantitative estimate of drug-likeness (QED) is 0.808. The number of aliphatic carboxylic acids is 1. The second-order valence-electron chi connectivity index (χ2n) is 5.96. The lowest BCUT2D eigenvalue weighted by atomic mass is 10.1. The standard InChI is InChI=1S/C16H17N3O5/c20-13-6-10(8-18(13)12-4-2-1-3-5-12)15(22)17-19-9-11(16(23)24)7-14(19)21/h1-5,10-11H,6-9H2,(H,17,22)(H,23,24). The molecule has 1 aromatic carbocycles. The highest BCUT2D eigenvalue weighted by Crippen LogP contribution is 2.25. The first-order valence-corrected chi connectivity index (χ1v) is 7.65. The third-order valence-corrected chi connectivity index (χ3v) is 4.28. The summed E-state index contributed by atoms with van der Waals surface area (Å²) in [6.45, 7) is 0.183. The van der Waals surface area contributed by atoms with E-state index < -0.39 is 29.6 Å². The number of amides is 3. The van der Waals surface area contributed by atoms with Crippen LogP contribution in [0.1, 0.15) is 12.8 Å². The Balaban J connectivity index is 1.62. The highest BCUT2D eigenvalue weighted by molar-refractivity contribution is 6.00. The van der Waals surface area contributed by atoms with Crippen LogP contribution in [0.5, 0.6) is 0 Å². The fraction of sp³-hybridized carbons (Fsp3) is 0.375. The first-order chi connectivity index (χ1) is 11.5. The summed E-state index contributed by atoms with van der Waals surface area (Å²) < 4.78 is 0. The number of carbonyl (C=O) groups is 4. The first-order valence-electron chi connectivity index (χ1n) is 7.65. The van der Waals surface area contributed by atoms with Crippen molar-refractivity contribution in [3.63, 3.8) is 0 Å². The number of rotatable bonds is 4. The third-order valence-electron chi connectivity index (χ3n) is 4.28. The summed E-state index contributed by atoms with van der Waals surface area (Å²) in [6.07, 6.45) is -0.0690. The molecule has 0 bridgehead atoms. The van der Waals surface area contributed by atoms with Crippen LogP contribution in [0.25, 0.3) is 0 Å². The van der Waals surface area contributed by atoms with Gasteiger partial charge in [-0.25, -0.2) is 0 Å². The fourth-order valence-electron chi connectivity index (χ4n) is 2.95. The lowest BCUT2D eigenvalue weighted by Gasteiger charge is -2.20. The molecule has 2 saturated heterocycles. The Morgan fingerprint density at radius 1 is 1.00 bits per heavy atom. The topological polar surface area (TPSA) is 107 Å². The second-order valence-corrected chi connectivity index (χ2v) is 5.96. The summed E-state index contributed by atoms with van der Waals surface area (Å²) in [6, 6.07) is 9.04. The average Bonchev–Trinajstić information content (AvgIpc) is 3.12. The van der Waals surface area contributed by atoms with Gasteiger partial charge in [0.15, 0.2) is 0 Å². The molecule has 8 nitrogen and oxygen atoms in total. The summed E-state index contributed by atoms with van der Waals surface area (Å²) in [5, 5.41) is 9.99. The number of carbonyl (C=O) groups excluding carboxylic acids is 3. The third kappa shape index (κ3) is 3.08. The molecule has 2 N–H and O–H groups in total. The van der Waals surface area contributed by atoms with Crippen LogP contribution in [-0.4, -0.2) is 46.9 Å². The molecule has 0 radical (unpaired) electrons. The molecule has 3 rings (SSSR count). The normalized spacial score (nSPS) is 23.7. The van der Waals surface area contributed by atoms with E-state index in [4.69, 9.17) is 5.11 Å². The number of para-hydroxylation sites is 1. The largest absolute Gasteiger partial charge is 0.481 e. The Bertz CT molecular complexity index is 690. The number of anilines is 1. The van der Waals surface area contributed by atoms with Crippen LogP contribution < -0.4 is 10.3 Å². The van der Waals surface area contributed by atoms with Crippen molar-refractivity contribution < 1.29 is 24.3 Å². The van der Waals surface area contributed by atoms with E-state index in [9.17, 15) is 19.2 Å². The molecule has 0 aromatic heterocycles. The van der Waals surface area contributed by atoms with Crippen molar-refractivity contribution in [3.05, 3.63) is 30.3 Å². The molecule has 24 heavy (non-hydrogen) atoms. The van der Waals surface area contributed by atoms with Gasteiger partial charge in [-0.15, -0.1) is 0 Å². The Morgan fingerprint density at radius 3 is 2.29 bits per heavy atom. The molecular formula is C16H17N3O5. The number of hydrazine groups is 1. The molecule has 3 amide bonds. The minimum absolute atomic E-state index is 0.0526. The minimum atomic E-state index is -1.06. The van der Waals surface area contributed by atoms with E-state index in [1.54, 1.807) is 12.1 Å². The molecule has 0 saturated carbocycles. The van der Waals surface area contributed by atoms with Crippen molar-refractivity contribution in [2.45, 2.75) is 12.8 Å².